The van der Waals surface area contributed by atoms with Gasteiger partial charge in [0, 0.05) is 31.1 Å². The van der Waals surface area contributed by atoms with Crippen molar-refractivity contribution in [3.8, 4) is 0 Å². The van der Waals surface area contributed by atoms with E-state index in [2.05, 4.69) is 10.6 Å². The number of carbonyl (C=O) groups excluding carboxylic acids is 2. The number of fused-ring (bicyclic) bond motifs is 1. The molecule has 29 heavy (non-hydrogen) atoms. The lowest BCUT2D eigenvalue weighted by Gasteiger charge is -2.11. The molecule has 0 aliphatic rings. The van der Waals surface area contributed by atoms with Crippen molar-refractivity contribution in [3.63, 3.8) is 0 Å². The predicted molar refractivity (Wildman–Crippen MR) is 111 cm³/mol. The SMILES string of the molecule is CCC(C)C(=O)Nc1cccc(CNC(=O)CCn2c(=O)oc3ccccc32)c1. The fourth-order valence-electron chi connectivity index (χ4n) is 2.94. The highest BCUT2D eigenvalue weighted by molar-refractivity contribution is 5.92. The predicted octanol–water partition coefficient (Wildman–Crippen LogP) is 3.29. The maximum Gasteiger partial charge on any atom is 0.419 e. The van der Waals surface area contributed by atoms with Gasteiger partial charge in [0.1, 0.15) is 0 Å². The Kier molecular flexibility index (Phi) is 6.49. The van der Waals surface area contributed by atoms with E-state index in [-0.39, 0.29) is 30.7 Å². The van der Waals surface area contributed by atoms with E-state index in [1.54, 1.807) is 18.2 Å². The van der Waals surface area contributed by atoms with E-state index in [0.717, 1.165) is 12.0 Å². The Bertz CT molecular complexity index is 1070. The summed E-state index contributed by atoms with van der Waals surface area (Å²) in [7, 11) is 0. The maximum absolute atomic E-state index is 12.2. The van der Waals surface area contributed by atoms with Crippen molar-refractivity contribution in [2.24, 2.45) is 5.92 Å². The minimum absolute atomic E-state index is 0.0218. The zero-order valence-corrected chi connectivity index (χ0v) is 16.6. The van der Waals surface area contributed by atoms with Gasteiger partial charge in [-0.25, -0.2) is 4.79 Å². The molecule has 2 aromatic carbocycles. The number of rotatable bonds is 8. The lowest BCUT2D eigenvalue weighted by Crippen LogP contribution is -2.26. The van der Waals surface area contributed by atoms with Crippen LogP contribution in [0.15, 0.2) is 57.7 Å². The van der Waals surface area contributed by atoms with Crippen molar-refractivity contribution in [2.45, 2.75) is 39.8 Å². The molecule has 1 unspecified atom stereocenters. The van der Waals surface area contributed by atoms with E-state index in [1.807, 2.05) is 44.2 Å². The second-order valence-electron chi connectivity index (χ2n) is 7.01. The Morgan fingerprint density at radius 2 is 1.93 bits per heavy atom. The van der Waals surface area contributed by atoms with Crippen molar-refractivity contribution in [2.75, 3.05) is 5.32 Å². The van der Waals surface area contributed by atoms with E-state index in [1.165, 1.54) is 4.57 Å². The Morgan fingerprint density at radius 3 is 2.72 bits per heavy atom. The Labute approximate surface area is 168 Å². The molecule has 2 amide bonds. The number of aryl methyl sites for hydroxylation is 1. The van der Waals surface area contributed by atoms with E-state index in [4.69, 9.17) is 4.42 Å². The lowest BCUT2D eigenvalue weighted by molar-refractivity contribution is -0.121. The van der Waals surface area contributed by atoms with Crippen molar-refractivity contribution in [1.29, 1.82) is 0 Å². The number of oxazole rings is 1. The van der Waals surface area contributed by atoms with Crippen LogP contribution in [0.1, 0.15) is 32.3 Å². The summed E-state index contributed by atoms with van der Waals surface area (Å²) in [6, 6.07) is 14.5. The van der Waals surface area contributed by atoms with Gasteiger partial charge in [0.2, 0.25) is 11.8 Å². The third-order valence-electron chi connectivity index (χ3n) is 4.88. The normalized spacial score (nSPS) is 11.9. The summed E-state index contributed by atoms with van der Waals surface area (Å²) >= 11 is 0. The molecule has 0 saturated carbocycles. The molecule has 0 saturated heterocycles. The molecule has 1 heterocycles. The Balaban J connectivity index is 1.54. The average Bonchev–Trinajstić information content (AvgIpc) is 3.05. The van der Waals surface area contributed by atoms with Gasteiger partial charge in [-0.15, -0.1) is 0 Å². The number of benzene rings is 2. The molecule has 0 aliphatic carbocycles. The molecule has 0 bridgehead atoms. The molecule has 1 aromatic heterocycles. The number of para-hydroxylation sites is 2. The summed E-state index contributed by atoms with van der Waals surface area (Å²) < 4.78 is 6.63. The van der Waals surface area contributed by atoms with Gasteiger partial charge in [-0.05, 0) is 36.2 Å². The van der Waals surface area contributed by atoms with Crippen LogP contribution < -0.4 is 16.4 Å². The van der Waals surface area contributed by atoms with Gasteiger partial charge in [-0.1, -0.05) is 38.1 Å². The van der Waals surface area contributed by atoms with Crippen LogP contribution in [0.5, 0.6) is 0 Å². The monoisotopic (exact) mass is 395 g/mol. The quantitative estimate of drug-likeness (QED) is 0.612. The topological polar surface area (TPSA) is 93.3 Å². The molecule has 7 heteroatoms. The number of carbonyl (C=O) groups is 2. The zero-order chi connectivity index (χ0) is 20.8. The van der Waals surface area contributed by atoms with Crippen molar-refractivity contribution >= 4 is 28.6 Å². The first-order valence-electron chi connectivity index (χ1n) is 9.72. The molecule has 152 valence electrons. The fourth-order valence-corrected chi connectivity index (χ4v) is 2.94. The second kappa shape index (κ2) is 9.23. The number of anilines is 1. The summed E-state index contributed by atoms with van der Waals surface area (Å²) in [6.07, 6.45) is 0.935. The van der Waals surface area contributed by atoms with Crippen LogP contribution in [0, 0.1) is 5.92 Å². The van der Waals surface area contributed by atoms with Crippen molar-refractivity contribution in [1.82, 2.24) is 9.88 Å². The molecule has 7 nitrogen and oxygen atoms in total. The summed E-state index contributed by atoms with van der Waals surface area (Å²) in [4.78, 5) is 36.2. The van der Waals surface area contributed by atoms with Gasteiger partial charge in [-0.3, -0.25) is 14.2 Å². The summed E-state index contributed by atoms with van der Waals surface area (Å²) in [5.41, 5.74) is 2.77. The van der Waals surface area contributed by atoms with E-state index >= 15 is 0 Å². The minimum atomic E-state index is -0.469. The molecule has 0 aliphatic heterocycles. The molecule has 3 rings (SSSR count). The van der Waals surface area contributed by atoms with Crippen molar-refractivity contribution in [3.05, 3.63) is 64.6 Å². The van der Waals surface area contributed by atoms with E-state index in [0.29, 0.717) is 23.3 Å². The van der Waals surface area contributed by atoms with Crippen LogP contribution >= 0.6 is 0 Å². The number of nitrogens with one attached hydrogen (secondary N) is 2. The molecular weight excluding hydrogens is 370 g/mol. The average molecular weight is 395 g/mol. The molecule has 0 radical (unpaired) electrons. The highest BCUT2D eigenvalue weighted by Gasteiger charge is 2.12. The molecule has 3 aromatic rings. The van der Waals surface area contributed by atoms with E-state index in [9.17, 15) is 14.4 Å². The van der Waals surface area contributed by atoms with Crippen LogP contribution in [0.4, 0.5) is 5.69 Å². The second-order valence-corrected chi connectivity index (χ2v) is 7.01. The molecule has 0 fully saturated rings. The number of hydrogen-bond donors (Lipinski definition) is 2. The van der Waals surface area contributed by atoms with Gasteiger partial charge in [0.25, 0.3) is 0 Å². The summed E-state index contributed by atoms with van der Waals surface area (Å²) in [5, 5.41) is 5.73. The van der Waals surface area contributed by atoms with Crippen LogP contribution in [-0.2, 0) is 22.7 Å². The van der Waals surface area contributed by atoms with Crippen LogP contribution in [0.3, 0.4) is 0 Å². The van der Waals surface area contributed by atoms with Gasteiger partial charge in [-0.2, -0.15) is 0 Å². The van der Waals surface area contributed by atoms with Crippen LogP contribution in [0.25, 0.3) is 11.1 Å². The minimum Gasteiger partial charge on any atom is -0.408 e. The first-order chi connectivity index (χ1) is 14.0. The third-order valence-corrected chi connectivity index (χ3v) is 4.88. The number of hydrogen-bond acceptors (Lipinski definition) is 4. The van der Waals surface area contributed by atoms with E-state index < -0.39 is 5.76 Å². The van der Waals surface area contributed by atoms with Crippen molar-refractivity contribution < 1.29 is 14.0 Å². The largest absolute Gasteiger partial charge is 0.419 e. The smallest absolute Gasteiger partial charge is 0.408 e. The molecule has 1 atom stereocenters. The Morgan fingerprint density at radius 1 is 1.14 bits per heavy atom. The molecule has 2 N–H and O–H groups in total. The van der Waals surface area contributed by atoms with Gasteiger partial charge >= 0.3 is 5.76 Å². The highest BCUT2D eigenvalue weighted by atomic mass is 16.4. The van der Waals surface area contributed by atoms with Gasteiger partial charge < -0.3 is 15.1 Å². The summed E-state index contributed by atoms with van der Waals surface area (Å²) in [6.45, 7) is 4.43. The van der Waals surface area contributed by atoms with Gasteiger partial charge in [0.15, 0.2) is 5.58 Å². The molecular formula is C22H25N3O4. The fraction of sp³-hybridized carbons (Fsp3) is 0.318. The molecule has 0 spiro atoms. The van der Waals surface area contributed by atoms with Gasteiger partial charge in [0.05, 0.1) is 5.52 Å². The number of amides is 2. The Hall–Kier alpha value is -3.35. The maximum atomic E-state index is 12.2. The first-order valence-corrected chi connectivity index (χ1v) is 9.72. The number of aromatic nitrogens is 1. The zero-order valence-electron chi connectivity index (χ0n) is 16.6. The lowest BCUT2D eigenvalue weighted by atomic mass is 10.1. The van der Waals surface area contributed by atoms with Crippen LogP contribution in [0.2, 0.25) is 0 Å². The third kappa shape index (κ3) is 5.13. The first kappa shape index (κ1) is 20.4. The number of nitrogens with zero attached hydrogens (tertiary/aromatic N) is 1. The summed E-state index contributed by atoms with van der Waals surface area (Å²) in [5.74, 6) is -0.716. The van der Waals surface area contributed by atoms with Crippen LogP contribution in [-0.4, -0.2) is 16.4 Å². The standard InChI is InChI=1S/C22H25N3O4/c1-3-15(2)21(27)24-17-8-6-7-16(13-17)14-23-20(26)11-12-25-18-9-4-5-10-19(18)29-22(25)28/h4-10,13,15H,3,11-12,14H2,1-2H3,(H,23,26)(H,24,27). The highest BCUT2D eigenvalue weighted by Crippen LogP contribution is 2.14.